The number of carbonyl (C=O) groups is 3. The number of hydrogen-bond acceptors (Lipinski definition) is 5. The van der Waals surface area contributed by atoms with E-state index in [2.05, 4.69) is 0 Å². The molecule has 0 radical (unpaired) electrons. The van der Waals surface area contributed by atoms with Crippen molar-refractivity contribution in [3.63, 3.8) is 0 Å². The predicted octanol–water partition coefficient (Wildman–Crippen LogP) is 3.33. The summed E-state index contributed by atoms with van der Waals surface area (Å²) in [5, 5.41) is 0. The number of ketones is 1. The highest BCUT2D eigenvalue weighted by Crippen LogP contribution is 2.32. The normalized spacial score (nSPS) is 15.9. The second-order valence-electron chi connectivity index (χ2n) is 7.57. The average molecular weight is 369 g/mol. The fraction of sp³-hybridized carbons (Fsp3) is 0.381. The van der Waals surface area contributed by atoms with Crippen molar-refractivity contribution < 1.29 is 23.9 Å². The van der Waals surface area contributed by atoms with E-state index in [1.165, 1.54) is 7.11 Å². The van der Waals surface area contributed by atoms with Crippen LogP contribution in [0.15, 0.2) is 36.4 Å². The first kappa shape index (κ1) is 18.9. The Morgan fingerprint density at radius 3 is 2.22 bits per heavy atom. The van der Waals surface area contributed by atoms with Crippen molar-refractivity contribution in [2.45, 2.75) is 45.3 Å². The molecule has 0 saturated heterocycles. The molecule has 1 aliphatic heterocycles. The van der Waals surface area contributed by atoms with Crippen molar-refractivity contribution in [1.82, 2.24) is 4.57 Å². The first-order valence-electron chi connectivity index (χ1n) is 8.86. The fourth-order valence-corrected chi connectivity index (χ4v) is 3.26. The van der Waals surface area contributed by atoms with E-state index in [1.54, 1.807) is 57.2 Å². The summed E-state index contributed by atoms with van der Waals surface area (Å²) < 4.78 is 12.0. The van der Waals surface area contributed by atoms with Gasteiger partial charge in [0.2, 0.25) is 5.78 Å². The van der Waals surface area contributed by atoms with Crippen LogP contribution < -0.4 is 0 Å². The molecule has 0 amide bonds. The molecule has 3 rings (SSSR count). The Morgan fingerprint density at radius 2 is 1.63 bits per heavy atom. The molecule has 1 aromatic heterocycles. The predicted molar refractivity (Wildman–Crippen MR) is 98.8 cm³/mol. The zero-order chi connectivity index (χ0) is 19.8. The summed E-state index contributed by atoms with van der Waals surface area (Å²) in [5.74, 6) is -1.19. The van der Waals surface area contributed by atoms with Crippen LogP contribution in [0.4, 0.5) is 0 Å². The van der Waals surface area contributed by atoms with Crippen molar-refractivity contribution in [2.24, 2.45) is 0 Å². The number of hydrogen-bond donors (Lipinski definition) is 0. The molecule has 1 atom stereocenters. The van der Waals surface area contributed by atoms with Gasteiger partial charge in [-0.3, -0.25) is 9.59 Å². The van der Waals surface area contributed by atoms with E-state index in [4.69, 9.17) is 9.47 Å². The summed E-state index contributed by atoms with van der Waals surface area (Å²) in [5.41, 5.74) is 1.63. The van der Waals surface area contributed by atoms with Crippen LogP contribution in [0.5, 0.6) is 0 Å². The lowest BCUT2D eigenvalue weighted by Crippen LogP contribution is -2.23. The van der Waals surface area contributed by atoms with Gasteiger partial charge in [-0.1, -0.05) is 12.1 Å². The Bertz CT molecular complexity index is 886. The lowest BCUT2D eigenvalue weighted by Gasteiger charge is -2.19. The highest BCUT2D eigenvalue weighted by Gasteiger charge is 2.32. The summed E-state index contributed by atoms with van der Waals surface area (Å²) in [4.78, 5) is 36.8. The van der Waals surface area contributed by atoms with E-state index in [-0.39, 0.29) is 17.7 Å². The molecule has 142 valence electrons. The van der Waals surface area contributed by atoms with Crippen LogP contribution in [0.25, 0.3) is 0 Å². The van der Waals surface area contributed by atoms with Gasteiger partial charge in [0.15, 0.2) is 0 Å². The standard InChI is InChI=1S/C21H23NO5/c1-21(2,3)27-19(24)14-7-5-13(6-8-14)18(23)17-10-9-16-15(20(25)26-4)11-12-22(16)17/h5-10,15H,11-12H2,1-4H3. The molecule has 2 heterocycles. The van der Waals surface area contributed by atoms with Gasteiger partial charge in [-0.15, -0.1) is 0 Å². The molecule has 1 aliphatic rings. The topological polar surface area (TPSA) is 74.6 Å². The second-order valence-corrected chi connectivity index (χ2v) is 7.57. The molecular formula is C21H23NO5. The minimum Gasteiger partial charge on any atom is -0.469 e. The highest BCUT2D eigenvalue weighted by atomic mass is 16.6. The van der Waals surface area contributed by atoms with Crippen LogP contribution in [0, 0.1) is 0 Å². The SMILES string of the molecule is COC(=O)C1CCn2c(C(=O)c3ccc(C(=O)OC(C)(C)C)cc3)ccc21. The van der Waals surface area contributed by atoms with Crippen molar-refractivity contribution in [2.75, 3.05) is 7.11 Å². The molecule has 0 fully saturated rings. The number of carbonyl (C=O) groups excluding carboxylic acids is 3. The first-order valence-corrected chi connectivity index (χ1v) is 8.86. The van der Waals surface area contributed by atoms with Gasteiger partial charge in [-0.05, 0) is 51.5 Å². The molecule has 2 aromatic rings. The summed E-state index contributed by atoms with van der Waals surface area (Å²) in [6.45, 7) is 6.01. The number of rotatable bonds is 4. The van der Waals surface area contributed by atoms with Gasteiger partial charge < -0.3 is 14.0 Å². The molecule has 1 unspecified atom stereocenters. The molecule has 27 heavy (non-hydrogen) atoms. The van der Waals surface area contributed by atoms with Crippen molar-refractivity contribution in [1.29, 1.82) is 0 Å². The number of aromatic nitrogens is 1. The third-order valence-electron chi connectivity index (χ3n) is 4.51. The van der Waals surface area contributed by atoms with Gasteiger partial charge in [-0.25, -0.2) is 4.79 Å². The maximum atomic E-state index is 12.9. The molecule has 1 aromatic carbocycles. The van der Waals surface area contributed by atoms with E-state index in [9.17, 15) is 14.4 Å². The van der Waals surface area contributed by atoms with Crippen molar-refractivity contribution >= 4 is 17.7 Å². The molecule has 0 spiro atoms. The van der Waals surface area contributed by atoms with Gasteiger partial charge in [0.25, 0.3) is 0 Å². The zero-order valence-electron chi connectivity index (χ0n) is 15.9. The van der Waals surface area contributed by atoms with Crippen molar-refractivity contribution in [3.05, 3.63) is 58.9 Å². The summed E-state index contributed by atoms with van der Waals surface area (Å²) >= 11 is 0. The number of nitrogens with zero attached hydrogens (tertiary/aromatic N) is 1. The number of methoxy groups -OCH3 is 1. The third-order valence-corrected chi connectivity index (χ3v) is 4.51. The summed E-state index contributed by atoms with van der Waals surface area (Å²) in [7, 11) is 1.37. The van der Waals surface area contributed by atoms with Crippen molar-refractivity contribution in [3.8, 4) is 0 Å². The van der Waals surface area contributed by atoms with Gasteiger partial charge in [0.05, 0.1) is 24.3 Å². The second kappa shape index (κ2) is 7.02. The molecule has 0 N–H and O–H groups in total. The molecule has 0 aliphatic carbocycles. The van der Waals surface area contributed by atoms with Gasteiger partial charge in [0, 0.05) is 17.8 Å². The Morgan fingerprint density at radius 1 is 1.00 bits per heavy atom. The maximum Gasteiger partial charge on any atom is 0.338 e. The highest BCUT2D eigenvalue weighted by molar-refractivity contribution is 6.08. The Balaban J connectivity index is 1.80. The number of esters is 2. The number of fused-ring (bicyclic) bond motifs is 1. The first-order chi connectivity index (χ1) is 12.7. The Hall–Kier alpha value is -2.89. The fourth-order valence-electron chi connectivity index (χ4n) is 3.26. The van der Waals surface area contributed by atoms with Gasteiger partial charge in [-0.2, -0.15) is 0 Å². The lowest BCUT2D eigenvalue weighted by atomic mass is 10.0. The average Bonchev–Trinajstić information content (AvgIpc) is 3.21. The van der Waals surface area contributed by atoms with Crippen LogP contribution >= 0.6 is 0 Å². The Kier molecular flexibility index (Phi) is 4.91. The van der Waals surface area contributed by atoms with Crippen LogP contribution in [0.1, 0.15) is 65.2 Å². The maximum absolute atomic E-state index is 12.9. The summed E-state index contributed by atoms with van der Waals surface area (Å²) in [6.07, 6.45) is 0.626. The Labute approximate surface area is 158 Å². The smallest absolute Gasteiger partial charge is 0.338 e. The number of benzene rings is 1. The summed E-state index contributed by atoms with van der Waals surface area (Å²) in [6, 6.07) is 9.95. The van der Waals surface area contributed by atoms with Gasteiger partial charge >= 0.3 is 11.9 Å². The molecule has 6 nitrogen and oxygen atoms in total. The van der Waals surface area contributed by atoms with E-state index in [1.807, 2.05) is 4.57 Å². The van der Waals surface area contributed by atoms with Crippen LogP contribution in [-0.4, -0.2) is 35.0 Å². The van der Waals surface area contributed by atoms with E-state index in [0.717, 1.165) is 5.69 Å². The van der Waals surface area contributed by atoms with Crippen LogP contribution in [0.2, 0.25) is 0 Å². The quantitative estimate of drug-likeness (QED) is 0.610. The minimum absolute atomic E-state index is 0.150. The zero-order valence-corrected chi connectivity index (χ0v) is 15.9. The van der Waals surface area contributed by atoms with Crippen LogP contribution in [-0.2, 0) is 20.8 Å². The van der Waals surface area contributed by atoms with Crippen LogP contribution in [0.3, 0.4) is 0 Å². The van der Waals surface area contributed by atoms with E-state index < -0.39 is 11.6 Å². The van der Waals surface area contributed by atoms with E-state index >= 15 is 0 Å². The van der Waals surface area contributed by atoms with E-state index in [0.29, 0.717) is 29.8 Å². The third kappa shape index (κ3) is 3.79. The largest absolute Gasteiger partial charge is 0.469 e. The monoisotopic (exact) mass is 369 g/mol. The molecular weight excluding hydrogens is 346 g/mol. The molecule has 6 heteroatoms. The van der Waals surface area contributed by atoms with Gasteiger partial charge in [0.1, 0.15) is 5.60 Å². The molecule has 0 bridgehead atoms. The minimum atomic E-state index is -0.575. The lowest BCUT2D eigenvalue weighted by molar-refractivity contribution is -0.142. The number of ether oxygens (including phenoxy) is 2. The molecule has 0 saturated carbocycles.